The fraction of sp³-hybridized carbons (Fsp3) is 0.300. The van der Waals surface area contributed by atoms with E-state index in [1.807, 2.05) is 19.1 Å². The standard InChI is InChI=1S/C20H25N3O5/c1-14-7-8-18(27-3)17(11-14)23-19(24)13-21-15-5-4-6-16(12-15)22-20(25)28-10-9-26-2/h4-8,11-12,21H,9-10,13H2,1-3H3,(H,22,25)(H,23,24). The third kappa shape index (κ3) is 6.81. The summed E-state index contributed by atoms with van der Waals surface area (Å²) in [6, 6.07) is 12.5. The molecule has 0 heterocycles. The van der Waals surface area contributed by atoms with Gasteiger partial charge in [-0.1, -0.05) is 12.1 Å². The van der Waals surface area contributed by atoms with Crippen molar-refractivity contribution >= 4 is 29.1 Å². The molecular formula is C20H25N3O5. The lowest BCUT2D eigenvalue weighted by molar-refractivity contribution is -0.114. The number of rotatable bonds is 9. The fourth-order valence-corrected chi connectivity index (χ4v) is 2.37. The van der Waals surface area contributed by atoms with E-state index in [2.05, 4.69) is 16.0 Å². The van der Waals surface area contributed by atoms with E-state index in [1.165, 1.54) is 7.11 Å². The highest BCUT2D eigenvalue weighted by Crippen LogP contribution is 2.25. The summed E-state index contributed by atoms with van der Waals surface area (Å²) in [5.41, 5.74) is 2.86. The first-order valence-electron chi connectivity index (χ1n) is 8.73. The summed E-state index contributed by atoms with van der Waals surface area (Å²) >= 11 is 0. The Bertz CT molecular complexity index is 810. The summed E-state index contributed by atoms with van der Waals surface area (Å²) < 4.78 is 15.0. The lowest BCUT2D eigenvalue weighted by atomic mass is 10.2. The van der Waals surface area contributed by atoms with Crippen LogP contribution in [-0.2, 0) is 14.3 Å². The predicted octanol–water partition coefficient (Wildman–Crippen LogP) is 3.25. The number of amides is 2. The van der Waals surface area contributed by atoms with E-state index in [9.17, 15) is 9.59 Å². The zero-order valence-electron chi connectivity index (χ0n) is 16.2. The SMILES string of the molecule is COCCOC(=O)Nc1cccc(NCC(=O)Nc2cc(C)ccc2OC)c1. The molecule has 0 saturated heterocycles. The zero-order chi connectivity index (χ0) is 20.4. The minimum Gasteiger partial charge on any atom is -0.495 e. The Hall–Kier alpha value is -3.26. The van der Waals surface area contributed by atoms with E-state index in [4.69, 9.17) is 14.2 Å². The number of carbonyl (C=O) groups is 2. The number of hydrogen-bond donors (Lipinski definition) is 3. The Kier molecular flexibility index (Phi) is 8.11. The van der Waals surface area contributed by atoms with E-state index in [0.717, 1.165) is 5.56 Å². The van der Waals surface area contributed by atoms with Crippen LogP contribution in [0.5, 0.6) is 5.75 Å². The first-order chi connectivity index (χ1) is 13.5. The number of methoxy groups -OCH3 is 2. The van der Waals surface area contributed by atoms with Crippen molar-refractivity contribution in [3.8, 4) is 5.75 Å². The smallest absolute Gasteiger partial charge is 0.411 e. The quantitative estimate of drug-likeness (QED) is 0.572. The summed E-state index contributed by atoms with van der Waals surface area (Å²) in [4.78, 5) is 23.9. The van der Waals surface area contributed by atoms with E-state index in [-0.39, 0.29) is 19.1 Å². The van der Waals surface area contributed by atoms with Gasteiger partial charge in [-0.2, -0.15) is 0 Å². The summed E-state index contributed by atoms with van der Waals surface area (Å²) in [6.45, 7) is 2.49. The molecule has 28 heavy (non-hydrogen) atoms. The Morgan fingerprint density at radius 2 is 1.75 bits per heavy atom. The molecule has 8 heteroatoms. The van der Waals surface area contributed by atoms with Crippen molar-refractivity contribution < 1.29 is 23.8 Å². The Morgan fingerprint density at radius 3 is 2.50 bits per heavy atom. The molecule has 0 aromatic heterocycles. The summed E-state index contributed by atoms with van der Waals surface area (Å²) in [5.74, 6) is 0.373. The topological polar surface area (TPSA) is 97.9 Å². The van der Waals surface area contributed by atoms with Gasteiger partial charge in [-0.05, 0) is 42.8 Å². The number of aryl methyl sites for hydroxylation is 1. The van der Waals surface area contributed by atoms with Gasteiger partial charge >= 0.3 is 6.09 Å². The first-order valence-corrected chi connectivity index (χ1v) is 8.73. The van der Waals surface area contributed by atoms with Crippen LogP contribution in [0.15, 0.2) is 42.5 Å². The number of anilines is 3. The normalized spacial score (nSPS) is 10.1. The average molecular weight is 387 g/mol. The molecule has 0 fully saturated rings. The molecule has 0 bridgehead atoms. The molecule has 150 valence electrons. The summed E-state index contributed by atoms with van der Waals surface area (Å²) in [7, 11) is 3.08. The van der Waals surface area contributed by atoms with Crippen LogP contribution in [0.4, 0.5) is 21.9 Å². The molecule has 0 spiro atoms. The minimum atomic E-state index is -0.571. The molecular weight excluding hydrogens is 362 g/mol. The van der Waals surface area contributed by atoms with Crippen molar-refractivity contribution in [1.82, 2.24) is 0 Å². The monoisotopic (exact) mass is 387 g/mol. The van der Waals surface area contributed by atoms with Crippen LogP contribution in [0.3, 0.4) is 0 Å². The maximum absolute atomic E-state index is 12.2. The molecule has 0 aliphatic heterocycles. The fourth-order valence-electron chi connectivity index (χ4n) is 2.37. The van der Waals surface area contributed by atoms with Gasteiger partial charge in [0, 0.05) is 18.5 Å². The molecule has 0 unspecified atom stereocenters. The van der Waals surface area contributed by atoms with Crippen LogP contribution >= 0.6 is 0 Å². The summed E-state index contributed by atoms with van der Waals surface area (Å²) in [6.07, 6.45) is -0.571. The molecule has 0 atom stereocenters. The molecule has 0 saturated carbocycles. The molecule has 3 N–H and O–H groups in total. The lowest BCUT2D eigenvalue weighted by Crippen LogP contribution is -2.22. The van der Waals surface area contributed by atoms with Crippen LogP contribution in [0.25, 0.3) is 0 Å². The minimum absolute atomic E-state index is 0.0544. The average Bonchev–Trinajstić information content (AvgIpc) is 2.67. The third-order valence-electron chi connectivity index (χ3n) is 3.71. The van der Waals surface area contributed by atoms with Crippen LogP contribution in [0.2, 0.25) is 0 Å². The van der Waals surface area contributed by atoms with Gasteiger partial charge in [-0.25, -0.2) is 4.79 Å². The van der Waals surface area contributed by atoms with Crippen LogP contribution < -0.4 is 20.7 Å². The van der Waals surface area contributed by atoms with Gasteiger partial charge in [0.1, 0.15) is 12.4 Å². The molecule has 2 rings (SSSR count). The molecule has 0 aliphatic rings. The second kappa shape index (κ2) is 10.8. The highest BCUT2D eigenvalue weighted by Gasteiger charge is 2.08. The lowest BCUT2D eigenvalue weighted by Gasteiger charge is -2.12. The summed E-state index contributed by atoms with van der Waals surface area (Å²) in [5, 5.41) is 8.45. The van der Waals surface area contributed by atoms with Crippen molar-refractivity contribution in [2.24, 2.45) is 0 Å². The molecule has 2 amide bonds. The van der Waals surface area contributed by atoms with Gasteiger partial charge in [-0.3, -0.25) is 10.1 Å². The van der Waals surface area contributed by atoms with Crippen molar-refractivity contribution in [3.63, 3.8) is 0 Å². The van der Waals surface area contributed by atoms with Crippen molar-refractivity contribution in [2.75, 3.05) is 49.9 Å². The van der Waals surface area contributed by atoms with Crippen molar-refractivity contribution in [2.45, 2.75) is 6.92 Å². The maximum Gasteiger partial charge on any atom is 0.411 e. The number of benzene rings is 2. The van der Waals surface area contributed by atoms with Crippen molar-refractivity contribution in [3.05, 3.63) is 48.0 Å². The van der Waals surface area contributed by atoms with E-state index < -0.39 is 6.09 Å². The van der Waals surface area contributed by atoms with E-state index in [0.29, 0.717) is 29.4 Å². The van der Waals surface area contributed by atoms with Crippen molar-refractivity contribution in [1.29, 1.82) is 0 Å². The predicted molar refractivity (Wildman–Crippen MR) is 108 cm³/mol. The maximum atomic E-state index is 12.2. The van der Waals surface area contributed by atoms with E-state index >= 15 is 0 Å². The molecule has 0 radical (unpaired) electrons. The second-order valence-electron chi connectivity index (χ2n) is 5.94. The van der Waals surface area contributed by atoms with Gasteiger partial charge in [-0.15, -0.1) is 0 Å². The highest BCUT2D eigenvalue weighted by atomic mass is 16.6. The van der Waals surface area contributed by atoms with Crippen LogP contribution in [0.1, 0.15) is 5.56 Å². The molecule has 2 aromatic carbocycles. The number of hydrogen-bond acceptors (Lipinski definition) is 6. The largest absolute Gasteiger partial charge is 0.495 e. The Labute approximate surface area is 164 Å². The van der Waals surface area contributed by atoms with Gasteiger partial charge in [0.05, 0.1) is 25.9 Å². The molecule has 0 aliphatic carbocycles. The number of nitrogens with one attached hydrogen (secondary N) is 3. The Balaban J connectivity index is 1.88. The van der Waals surface area contributed by atoms with Crippen LogP contribution in [-0.4, -0.2) is 46.0 Å². The number of ether oxygens (including phenoxy) is 3. The molecule has 2 aromatic rings. The van der Waals surface area contributed by atoms with Gasteiger partial charge in [0.2, 0.25) is 5.91 Å². The van der Waals surface area contributed by atoms with Gasteiger partial charge < -0.3 is 24.8 Å². The van der Waals surface area contributed by atoms with Gasteiger partial charge in [0.25, 0.3) is 0 Å². The van der Waals surface area contributed by atoms with E-state index in [1.54, 1.807) is 37.4 Å². The zero-order valence-corrected chi connectivity index (χ0v) is 16.2. The molecule has 8 nitrogen and oxygen atoms in total. The number of carbonyl (C=O) groups excluding carboxylic acids is 2. The van der Waals surface area contributed by atoms with Gasteiger partial charge in [0.15, 0.2) is 0 Å². The Morgan fingerprint density at radius 1 is 0.964 bits per heavy atom. The first kappa shape index (κ1) is 21.0. The second-order valence-corrected chi connectivity index (χ2v) is 5.94. The highest BCUT2D eigenvalue weighted by molar-refractivity contribution is 5.95. The third-order valence-corrected chi connectivity index (χ3v) is 3.71. The van der Waals surface area contributed by atoms with Crippen LogP contribution in [0, 0.1) is 6.92 Å².